The van der Waals surface area contributed by atoms with Crippen molar-refractivity contribution in [1.29, 1.82) is 0 Å². The van der Waals surface area contributed by atoms with Gasteiger partial charge >= 0.3 is 133 Å². The van der Waals surface area contributed by atoms with Gasteiger partial charge in [-0.3, -0.25) is 9.59 Å². The van der Waals surface area contributed by atoms with Gasteiger partial charge in [0.15, 0.2) is 0 Å². The molecule has 45 heavy (non-hydrogen) atoms. The maximum absolute atomic E-state index is 10.9. The Bertz CT molecular complexity index is 603. The molecular weight excluding hydrogens is 679 g/mol. The van der Waals surface area contributed by atoms with Crippen molar-refractivity contribution in [2.45, 2.75) is 191 Å². The number of hydrogen-bond acceptors (Lipinski definition) is 8. The van der Waals surface area contributed by atoms with Crippen LogP contribution in [0.1, 0.15) is 182 Å². The van der Waals surface area contributed by atoms with E-state index in [2.05, 4.69) is 27.7 Å². The average Bonchev–Trinajstić information content (AvgIpc) is 3.01. The Morgan fingerprint density at radius 1 is 0.422 bits per heavy atom. The van der Waals surface area contributed by atoms with Gasteiger partial charge in [0.25, 0.3) is 0 Å². The summed E-state index contributed by atoms with van der Waals surface area (Å²) in [6.07, 6.45) is 25.5. The molecule has 0 aromatic heterocycles. The molecule has 0 rings (SSSR count). The number of unbranched alkanes of at least 4 members (excludes halogenated alkanes) is 16. The first kappa shape index (κ1) is 48.1. The van der Waals surface area contributed by atoms with E-state index in [0.717, 1.165) is 51.4 Å². The summed E-state index contributed by atoms with van der Waals surface area (Å²) in [5.41, 5.74) is 0. The summed E-state index contributed by atoms with van der Waals surface area (Å²) in [4.78, 5) is 41.7. The molecule has 0 aliphatic rings. The Labute approximate surface area is 286 Å². The van der Waals surface area contributed by atoms with Gasteiger partial charge in [0.2, 0.25) is 0 Å². The number of aliphatic carboxylic acids is 2. The topological polar surface area (TPSA) is 133 Å². The molecule has 0 saturated carbocycles. The molecule has 0 atom stereocenters. The van der Waals surface area contributed by atoms with E-state index in [1.807, 2.05) is 0 Å². The van der Waals surface area contributed by atoms with Gasteiger partial charge in [0.05, 0.1) is 26.1 Å². The number of hydrogen-bond donors (Lipinski definition) is 0. The van der Waals surface area contributed by atoms with Crippen LogP contribution in [0.4, 0.5) is 0 Å². The van der Waals surface area contributed by atoms with Crippen LogP contribution in [0.2, 0.25) is 8.87 Å². The van der Waals surface area contributed by atoms with E-state index in [4.69, 9.17) is 9.47 Å². The van der Waals surface area contributed by atoms with E-state index in [1.54, 1.807) is 21.7 Å². The second kappa shape index (κ2) is 42.7. The fraction of sp³-hybridized carbons (Fsp3) is 0.889. The van der Waals surface area contributed by atoms with Crippen molar-refractivity contribution in [3.05, 3.63) is 0 Å². The SMILES string of the molecule is CCCCCCC[CH2][Sn+2][CH2]CCCCCCC.CCCCCCOC(=O)CCC(=O)[O-].CCCCCCOC(=O)CCC(=O)[O-]. The number of carbonyl (C=O) groups is 4. The van der Waals surface area contributed by atoms with Gasteiger partial charge in [-0.1, -0.05) is 52.4 Å². The fourth-order valence-electron chi connectivity index (χ4n) is 4.17. The first-order chi connectivity index (χ1) is 21.7. The summed E-state index contributed by atoms with van der Waals surface area (Å²) in [6.45, 7) is 9.60. The van der Waals surface area contributed by atoms with E-state index >= 15 is 0 Å². The standard InChI is InChI=1S/2C10H18O4.2C8H17.Sn/c2*1-2-3-4-5-8-14-10(13)7-6-9(11)12;2*1-3-5-7-8-6-4-2;/h2*2-8H2,1H3,(H,11,12);2*1,3-8H2,2H3;/q;;;;+2/p-2. The maximum atomic E-state index is 10.9. The quantitative estimate of drug-likeness (QED) is 0.0419. The fourth-order valence-corrected chi connectivity index (χ4v) is 7.74. The molecule has 8 nitrogen and oxygen atoms in total. The van der Waals surface area contributed by atoms with Gasteiger partial charge in [0.1, 0.15) is 0 Å². The summed E-state index contributed by atoms with van der Waals surface area (Å²) in [7, 11) is 0. The molecule has 0 bridgehead atoms. The van der Waals surface area contributed by atoms with Crippen molar-refractivity contribution in [1.82, 2.24) is 0 Å². The summed E-state index contributed by atoms with van der Waals surface area (Å²) in [5.74, 6) is -3.34. The average molecular weight is 748 g/mol. The van der Waals surface area contributed by atoms with Crippen LogP contribution in [-0.4, -0.2) is 58.2 Å². The number of carboxylic acid groups (broad SMARTS) is 2. The molecule has 0 aromatic carbocycles. The molecule has 0 N–H and O–H groups in total. The van der Waals surface area contributed by atoms with Crippen LogP contribution in [0.3, 0.4) is 0 Å². The van der Waals surface area contributed by atoms with E-state index < -0.39 is 23.9 Å². The second-order valence-electron chi connectivity index (χ2n) is 11.6. The predicted molar refractivity (Wildman–Crippen MR) is 181 cm³/mol. The molecular formula is C36H68O8Sn. The summed E-state index contributed by atoms with van der Waals surface area (Å²) < 4.78 is 12.9. The summed E-state index contributed by atoms with van der Waals surface area (Å²) in [5, 5.41) is 20.0. The van der Waals surface area contributed by atoms with E-state index in [-0.39, 0.29) is 46.8 Å². The van der Waals surface area contributed by atoms with E-state index in [9.17, 15) is 29.4 Å². The van der Waals surface area contributed by atoms with E-state index in [0.29, 0.717) is 13.2 Å². The van der Waals surface area contributed by atoms with E-state index in [1.165, 1.54) is 64.2 Å². The Morgan fingerprint density at radius 3 is 1.02 bits per heavy atom. The van der Waals surface area contributed by atoms with Crippen LogP contribution in [0.25, 0.3) is 0 Å². The molecule has 0 spiro atoms. The number of ether oxygens (including phenoxy) is 2. The normalized spacial score (nSPS) is 10.0. The van der Waals surface area contributed by atoms with Gasteiger partial charge in [0, 0.05) is 11.9 Å². The molecule has 0 aliphatic carbocycles. The van der Waals surface area contributed by atoms with Crippen molar-refractivity contribution >= 4 is 45.0 Å². The predicted octanol–water partition coefficient (Wildman–Crippen LogP) is 7.53. The van der Waals surface area contributed by atoms with Crippen LogP contribution >= 0.6 is 0 Å². The Hall–Kier alpha value is -1.32. The van der Waals surface area contributed by atoms with Crippen molar-refractivity contribution in [3.63, 3.8) is 0 Å². The number of esters is 2. The molecule has 0 aliphatic heterocycles. The molecule has 0 aromatic rings. The largest absolute Gasteiger partial charge is 0.550 e. The van der Waals surface area contributed by atoms with Crippen LogP contribution in [0, 0.1) is 0 Å². The zero-order valence-electron chi connectivity index (χ0n) is 29.6. The molecule has 0 amide bonds. The third-order valence-electron chi connectivity index (χ3n) is 7.00. The minimum atomic E-state index is -1.21. The van der Waals surface area contributed by atoms with Crippen molar-refractivity contribution in [2.24, 2.45) is 0 Å². The van der Waals surface area contributed by atoms with Gasteiger partial charge in [-0.15, -0.1) is 0 Å². The Balaban J connectivity index is -0.000000592. The third-order valence-corrected chi connectivity index (χ3v) is 11.0. The van der Waals surface area contributed by atoms with Crippen LogP contribution < -0.4 is 10.2 Å². The number of carbonyl (C=O) groups excluding carboxylic acids is 4. The van der Waals surface area contributed by atoms with Crippen LogP contribution in [0.5, 0.6) is 0 Å². The molecule has 9 heteroatoms. The summed E-state index contributed by atoms with van der Waals surface area (Å²) in [6, 6.07) is 0. The second-order valence-corrected chi connectivity index (χ2v) is 15.9. The van der Waals surface area contributed by atoms with Gasteiger partial charge in [-0.05, 0) is 25.7 Å². The molecule has 264 valence electrons. The maximum Gasteiger partial charge on any atom is 0.306 e. The van der Waals surface area contributed by atoms with Gasteiger partial charge in [-0.2, -0.15) is 0 Å². The van der Waals surface area contributed by atoms with Gasteiger partial charge in [-0.25, -0.2) is 0 Å². The zero-order chi connectivity index (χ0) is 34.2. The number of carboxylic acids is 2. The zero-order valence-corrected chi connectivity index (χ0v) is 32.4. The monoisotopic (exact) mass is 748 g/mol. The smallest absolute Gasteiger partial charge is 0.306 e. The van der Waals surface area contributed by atoms with Gasteiger partial charge < -0.3 is 29.3 Å². The Kier molecular flexibility index (Phi) is 45.6. The van der Waals surface area contributed by atoms with Crippen LogP contribution in [-0.2, 0) is 28.7 Å². The van der Waals surface area contributed by atoms with Crippen LogP contribution in [0.15, 0.2) is 0 Å². The first-order valence-corrected chi connectivity index (χ1v) is 22.2. The Morgan fingerprint density at radius 2 is 0.711 bits per heavy atom. The van der Waals surface area contributed by atoms with Crippen molar-refractivity contribution in [2.75, 3.05) is 13.2 Å². The minimum Gasteiger partial charge on any atom is -0.550 e. The third kappa shape index (κ3) is 52.5. The summed E-state index contributed by atoms with van der Waals surface area (Å²) >= 11 is 0.0736. The van der Waals surface area contributed by atoms with Crippen molar-refractivity contribution < 1.29 is 38.9 Å². The molecule has 0 fully saturated rings. The van der Waals surface area contributed by atoms with Crippen molar-refractivity contribution in [3.8, 4) is 0 Å². The molecule has 0 radical (unpaired) electrons. The molecule has 0 heterocycles. The first-order valence-electron chi connectivity index (χ1n) is 18.2. The molecule has 0 unspecified atom stereocenters. The molecule has 0 saturated heterocycles. The number of rotatable bonds is 30. The minimum absolute atomic E-state index is 0.0736.